The molecule has 1 saturated heterocycles. The lowest BCUT2D eigenvalue weighted by molar-refractivity contribution is -0.728. The fraction of sp³-hybridized carbons (Fsp3) is 0.320. The summed E-state index contributed by atoms with van der Waals surface area (Å²) in [5.74, 6) is -0.640. The van der Waals surface area contributed by atoms with Crippen molar-refractivity contribution in [2.75, 3.05) is 13.1 Å². The van der Waals surface area contributed by atoms with E-state index < -0.39 is 46.4 Å². The highest BCUT2D eigenvalue weighted by Crippen LogP contribution is 2.33. The summed E-state index contributed by atoms with van der Waals surface area (Å²) in [5, 5.41) is 19.8. The van der Waals surface area contributed by atoms with E-state index in [1.54, 1.807) is 29.0 Å². The van der Waals surface area contributed by atoms with Gasteiger partial charge in [-0.25, -0.2) is 22.6 Å². The van der Waals surface area contributed by atoms with E-state index in [1.165, 1.54) is 19.1 Å². The molecule has 1 amide bonds. The summed E-state index contributed by atoms with van der Waals surface area (Å²) in [4.78, 5) is 27.4. The lowest BCUT2D eigenvalue weighted by Crippen LogP contribution is -2.56. The number of ether oxygens (including phenoxy) is 2. The smallest absolute Gasteiger partial charge is 0.435 e. The lowest BCUT2D eigenvalue weighted by Gasteiger charge is -2.33. The van der Waals surface area contributed by atoms with Gasteiger partial charge in [0.25, 0.3) is 16.3 Å². The molecule has 0 radical (unpaired) electrons. The van der Waals surface area contributed by atoms with Crippen LogP contribution >= 0.6 is 0 Å². The van der Waals surface area contributed by atoms with Crippen molar-refractivity contribution in [3.05, 3.63) is 71.1 Å². The number of hydrazine groups is 1. The second kappa shape index (κ2) is 12.2. The predicted octanol–water partition coefficient (Wildman–Crippen LogP) is 3.68. The standard InChI is InChI=1S/C25H25F3N6O8S/c1-15-4-6-18(7-5-15)22-12-23(25(26,27)28)29-33(22)19-8-10-21(11-9-19)43(38,39)30-24(36)41-20-13-32(14-20)34(37)31-42-17(3)40-16(2)35/h4-12,17,20H,13-14H2,1-3H3,(H,30,36)/b34-31-. The average molecular weight is 627 g/mol. The van der Waals surface area contributed by atoms with E-state index in [0.29, 0.717) is 5.56 Å². The summed E-state index contributed by atoms with van der Waals surface area (Å²) in [7, 11) is -4.43. The molecule has 2 aromatic carbocycles. The Morgan fingerprint density at radius 2 is 1.77 bits per heavy atom. The SMILES string of the molecule is CC(=O)OC(C)O/N=[N+](\[O-])N1CC(OC(=O)NS(=O)(=O)c2ccc(-n3nc(C(F)(F)F)cc3-c3ccc(C)cc3)cc2)C1. The maximum atomic E-state index is 13.4. The van der Waals surface area contributed by atoms with Crippen molar-refractivity contribution in [1.82, 2.24) is 19.5 Å². The Morgan fingerprint density at radius 3 is 2.35 bits per heavy atom. The van der Waals surface area contributed by atoms with Gasteiger partial charge in [0.1, 0.15) is 19.2 Å². The fourth-order valence-electron chi connectivity index (χ4n) is 3.80. The average Bonchev–Trinajstić information content (AvgIpc) is 3.35. The minimum atomic E-state index is -4.71. The molecule has 0 aliphatic carbocycles. The second-order valence-corrected chi connectivity index (χ2v) is 11.0. The minimum absolute atomic E-state index is 0.0531. The number of benzene rings is 2. The predicted molar refractivity (Wildman–Crippen MR) is 139 cm³/mol. The summed E-state index contributed by atoms with van der Waals surface area (Å²) >= 11 is 0. The molecular formula is C25H25F3N6O8S. The van der Waals surface area contributed by atoms with Gasteiger partial charge in [0.2, 0.25) is 5.28 Å². The van der Waals surface area contributed by atoms with E-state index in [9.17, 15) is 36.4 Å². The van der Waals surface area contributed by atoms with E-state index in [2.05, 4.69) is 20.0 Å². The first kappa shape index (κ1) is 31.1. The van der Waals surface area contributed by atoms with Crippen molar-refractivity contribution in [2.45, 2.75) is 44.2 Å². The van der Waals surface area contributed by atoms with Gasteiger partial charge in [-0.05, 0) is 37.3 Å². The van der Waals surface area contributed by atoms with Gasteiger partial charge >= 0.3 is 18.2 Å². The number of aryl methyl sites for hydroxylation is 1. The summed E-state index contributed by atoms with van der Waals surface area (Å²) in [6.45, 7) is 4.05. The molecule has 1 N–H and O–H groups in total. The Balaban J connectivity index is 1.39. The number of hydrogen-bond acceptors (Lipinski definition) is 10. The number of alkyl halides is 3. The number of amides is 1. The Bertz CT molecular complexity index is 1620. The Morgan fingerprint density at radius 1 is 1.14 bits per heavy atom. The maximum Gasteiger partial charge on any atom is 0.435 e. The van der Waals surface area contributed by atoms with Gasteiger partial charge < -0.3 is 14.7 Å². The van der Waals surface area contributed by atoms with Crippen LogP contribution in [0.1, 0.15) is 25.1 Å². The molecule has 4 rings (SSSR count). The third kappa shape index (κ3) is 7.70. The van der Waals surface area contributed by atoms with Crippen LogP contribution in [0.3, 0.4) is 0 Å². The largest absolute Gasteiger partial charge is 0.569 e. The van der Waals surface area contributed by atoms with Crippen LogP contribution in [0.2, 0.25) is 0 Å². The third-order valence-corrected chi connectivity index (χ3v) is 7.23. The van der Waals surface area contributed by atoms with E-state index in [1.807, 2.05) is 6.92 Å². The fourth-order valence-corrected chi connectivity index (χ4v) is 4.68. The van der Waals surface area contributed by atoms with Gasteiger partial charge in [-0.15, -0.1) is 5.01 Å². The van der Waals surface area contributed by atoms with E-state index in [4.69, 9.17) is 4.74 Å². The van der Waals surface area contributed by atoms with E-state index in [-0.39, 0.29) is 34.3 Å². The summed E-state index contributed by atoms with van der Waals surface area (Å²) in [6.07, 6.45) is -7.99. The number of esters is 1. The van der Waals surface area contributed by atoms with Gasteiger partial charge in [0, 0.05) is 19.4 Å². The molecule has 1 atom stereocenters. The molecule has 1 aliphatic heterocycles. The zero-order valence-electron chi connectivity index (χ0n) is 22.8. The van der Waals surface area contributed by atoms with E-state index >= 15 is 0 Å². The Hall–Kier alpha value is -4.87. The van der Waals surface area contributed by atoms with Crippen LogP contribution in [0.5, 0.6) is 0 Å². The number of sulfonamides is 1. The molecular weight excluding hydrogens is 601 g/mol. The number of carbonyl (C=O) groups excluding carboxylic acids is 2. The van der Waals surface area contributed by atoms with Crippen molar-refractivity contribution < 1.29 is 50.5 Å². The number of carbonyl (C=O) groups is 2. The Labute approximate surface area is 242 Å². The van der Waals surface area contributed by atoms with Crippen molar-refractivity contribution >= 4 is 22.1 Å². The van der Waals surface area contributed by atoms with Crippen molar-refractivity contribution in [3.63, 3.8) is 0 Å². The van der Waals surface area contributed by atoms with Crippen LogP contribution in [0.25, 0.3) is 16.9 Å². The molecule has 0 bridgehead atoms. The molecule has 1 aromatic heterocycles. The van der Waals surface area contributed by atoms with Gasteiger partial charge in [-0.1, -0.05) is 29.8 Å². The molecule has 18 heteroatoms. The number of nitrogens with one attached hydrogen (secondary N) is 1. The van der Waals surface area contributed by atoms with Crippen LogP contribution in [0.15, 0.2) is 64.8 Å². The van der Waals surface area contributed by atoms with E-state index in [0.717, 1.165) is 40.4 Å². The third-order valence-electron chi connectivity index (χ3n) is 5.90. The monoisotopic (exact) mass is 626 g/mol. The molecule has 1 aliphatic rings. The summed E-state index contributed by atoms with van der Waals surface area (Å²) in [5.41, 5.74) is 0.509. The molecule has 43 heavy (non-hydrogen) atoms. The first-order valence-electron chi connectivity index (χ1n) is 12.5. The molecule has 0 spiro atoms. The van der Waals surface area contributed by atoms with Crippen molar-refractivity contribution in [1.29, 1.82) is 0 Å². The van der Waals surface area contributed by atoms with Crippen LogP contribution in [-0.2, 0) is 35.3 Å². The zero-order valence-corrected chi connectivity index (χ0v) is 23.6. The number of nitrogens with zero attached hydrogens (tertiary/aromatic N) is 5. The van der Waals surface area contributed by atoms with Gasteiger partial charge in [0.15, 0.2) is 5.69 Å². The van der Waals surface area contributed by atoms with Crippen LogP contribution < -0.4 is 4.72 Å². The van der Waals surface area contributed by atoms with Crippen molar-refractivity contribution in [2.24, 2.45) is 5.28 Å². The molecule has 3 aromatic rings. The molecule has 14 nitrogen and oxygen atoms in total. The number of hydrogen-bond donors (Lipinski definition) is 1. The quantitative estimate of drug-likeness (QED) is 0.122. The van der Waals surface area contributed by atoms with Crippen LogP contribution in [-0.4, -0.2) is 65.7 Å². The van der Waals surface area contributed by atoms with Crippen LogP contribution in [0, 0.1) is 12.1 Å². The van der Waals surface area contributed by atoms with Crippen LogP contribution in [0.4, 0.5) is 18.0 Å². The number of rotatable bonds is 9. The van der Waals surface area contributed by atoms with Gasteiger partial charge in [-0.3, -0.25) is 9.63 Å². The van der Waals surface area contributed by atoms with Crippen molar-refractivity contribution in [3.8, 4) is 16.9 Å². The topological polar surface area (TPSA) is 167 Å². The number of aromatic nitrogens is 2. The maximum absolute atomic E-state index is 13.4. The molecule has 1 fully saturated rings. The minimum Gasteiger partial charge on any atom is -0.569 e. The first-order valence-corrected chi connectivity index (χ1v) is 13.9. The highest BCUT2D eigenvalue weighted by molar-refractivity contribution is 7.90. The molecule has 2 heterocycles. The Kier molecular flexibility index (Phi) is 8.79. The normalized spacial score (nSPS) is 14.9. The lowest BCUT2D eigenvalue weighted by atomic mass is 10.1. The second-order valence-electron chi connectivity index (χ2n) is 9.31. The highest BCUT2D eigenvalue weighted by atomic mass is 32.2. The highest BCUT2D eigenvalue weighted by Gasteiger charge is 2.38. The molecule has 230 valence electrons. The zero-order chi connectivity index (χ0) is 31.5. The van der Waals surface area contributed by atoms with Gasteiger partial charge in [-0.2, -0.15) is 18.3 Å². The first-order chi connectivity index (χ1) is 20.1. The molecule has 0 saturated carbocycles. The summed E-state index contributed by atoms with van der Waals surface area (Å²) in [6, 6.07) is 12.3. The summed E-state index contributed by atoms with van der Waals surface area (Å²) < 4.78 is 78.2. The van der Waals surface area contributed by atoms with Gasteiger partial charge in [0.05, 0.1) is 21.2 Å². The number of halogens is 3. The molecule has 1 unspecified atom stereocenters.